The van der Waals surface area contributed by atoms with Gasteiger partial charge in [0.1, 0.15) is 29.0 Å². The lowest BCUT2D eigenvalue weighted by molar-refractivity contribution is 0.497. The minimum atomic E-state index is -0.401. The Hall–Kier alpha value is -3.27. The van der Waals surface area contributed by atoms with Crippen LogP contribution in [-0.2, 0) is 13.0 Å². The number of hydrogen-bond acceptors (Lipinski definition) is 6. The van der Waals surface area contributed by atoms with Crippen LogP contribution in [0.15, 0.2) is 41.2 Å². The number of halogens is 1. The molecule has 118 valence electrons. The van der Waals surface area contributed by atoms with Crippen molar-refractivity contribution >= 4 is 5.69 Å². The third kappa shape index (κ3) is 2.48. The number of rotatable bonds is 2. The summed E-state index contributed by atoms with van der Waals surface area (Å²) in [5.74, 6) is 0.783. The van der Waals surface area contributed by atoms with Crippen LogP contribution in [0.2, 0.25) is 0 Å². The van der Waals surface area contributed by atoms with E-state index in [9.17, 15) is 9.65 Å². The van der Waals surface area contributed by atoms with Crippen molar-refractivity contribution in [1.29, 1.82) is 5.26 Å². The maximum atomic E-state index is 13.0. The third-order valence-electron chi connectivity index (χ3n) is 3.94. The Bertz CT molecular complexity index is 929. The number of fused-ring (bicyclic) bond motifs is 1. The van der Waals surface area contributed by atoms with Gasteiger partial charge < -0.3 is 9.32 Å². The van der Waals surface area contributed by atoms with Crippen molar-refractivity contribution in [2.45, 2.75) is 13.0 Å². The van der Waals surface area contributed by atoms with Crippen molar-refractivity contribution in [2.24, 2.45) is 0 Å². The standard InChI is InChI=1S/C17H12FN5O/c18-12-1-2-13(21-8-12)17-22-14-10-23(6-4-16(14)24-17)15-9-20-5-3-11(15)7-19/h1-3,5,8-9H,4,6,10H2. The summed E-state index contributed by atoms with van der Waals surface area (Å²) in [6.45, 7) is 1.24. The van der Waals surface area contributed by atoms with Crippen LogP contribution in [0.3, 0.4) is 0 Å². The van der Waals surface area contributed by atoms with Gasteiger partial charge in [-0.2, -0.15) is 5.26 Å². The number of oxazole rings is 1. The molecule has 4 rings (SSSR count). The van der Waals surface area contributed by atoms with Crippen LogP contribution in [0.25, 0.3) is 11.6 Å². The predicted molar refractivity (Wildman–Crippen MR) is 83.4 cm³/mol. The van der Waals surface area contributed by atoms with E-state index >= 15 is 0 Å². The Kier molecular flexibility index (Phi) is 3.43. The molecule has 0 saturated heterocycles. The molecule has 1 aliphatic heterocycles. The molecule has 3 aromatic heterocycles. The molecule has 0 unspecified atom stereocenters. The summed E-state index contributed by atoms with van der Waals surface area (Å²) >= 11 is 0. The third-order valence-corrected chi connectivity index (χ3v) is 3.94. The molecule has 0 N–H and O–H groups in total. The Morgan fingerprint density at radius 3 is 2.96 bits per heavy atom. The van der Waals surface area contributed by atoms with Gasteiger partial charge in [0.2, 0.25) is 5.89 Å². The second-order valence-corrected chi connectivity index (χ2v) is 5.43. The zero-order valence-corrected chi connectivity index (χ0v) is 12.6. The summed E-state index contributed by atoms with van der Waals surface area (Å²) in [6, 6.07) is 6.75. The Morgan fingerprint density at radius 1 is 1.25 bits per heavy atom. The van der Waals surface area contributed by atoms with E-state index in [2.05, 4.69) is 25.9 Å². The summed E-state index contributed by atoms with van der Waals surface area (Å²) in [7, 11) is 0. The first-order valence-electron chi connectivity index (χ1n) is 7.44. The lowest BCUT2D eigenvalue weighted by Crippen LogP contribution is -2.30. The van der Waals surface area contributed by atoms with E-state index in [0.29, 0.717) is 36.7 Å². The molecule has 24 heavy (non-hydrogen) atoms. The lowest BCUT2D eigenvalue weighted by atomic mass is 10.1. The largest absolute Gasteiger partial charge is 0.439 e. The molecular formula is C17H12FN5O. The fraction of sp³-hybridized carbons (Fsp3) is 0.176. The molecular weight excluding hydrogens is 309 g/mol. The molecule has 0 spiro atoms. The van der Waals surface area contributed by atoms with Crippen LogP contribution < -0.4 is 4.90 Å². The zero-order valence-electron chi connectivity index (χ0n) is 12.6. The van der Waals surface area contributed by atoms with Crippen molar-refractivity contribution in [1.82, 2.24) is 15.0 Å². The van der Waals surface area contributed by atoms with Gasteiger partial charge in [0.25, 0.3) is 0 Å². The molecule has 0 radical (unpaired) electrons. The molecule has 0 bridgehead atoms. The molecule has 0 atom stereocenters. The monoisotopic (exact) mass is 321 g/mol. The van der Waals surface area contributed by atoms with Crippen molar-refractivity contribution < 1.29 is 8.81 Å². The second kappa shape index (κ2) is 5.74. The quantitative estimate of drug-likeness (QED) is 0.722. The van der Waals surface area contributed by atoms with E-state index in [1.165, 1.54) is 6.07 Å². The number of nitriles is 1. The highest BCUT2D eigenvalue weighted by Crippen LogP contribution is 2.29. The van der Waals surface area contributed by atoms with Gasteiger partial charge in [-0.05, 0) is 18.2 Å². The molecule has 0 aliphatic carbocycles. The minimum Gasteiger partial charge on any atom is -0.439 e. The van der Waals surface area contributed by atoms with Gasteiger partial charge in [0, 0.05) is 19.2 Å². The van der Waals surface area contributed by atoms with E-state index in [4.69, 9.17) is 4.42 Å². The normalized spacial score (nSPS) is 13.4. The SMILES string of the molecule is N#Cc1ccncc1N1CCc2oc(-c3ccc(F)cn3)nc2C1. The van der Waals surface area contributed by atoms with Crippen molar-refractivity contribution in [3.63, 3.8) is 0 Å². The van der Waals surface area contributed by atoms with Gasteiger partial charge >= 0.3 is 0 Å². The fourth-order valence-electron chi connectivity index (χ4n) is 2.75. The molecule has 7 heteroatoms. The highest BCUT2D eigenvalue weighted by atomic mass is 19.1. The zero-order chi connectivity index (χ0) is 16.5. The van der Waals surface area contributed by atoms with Crippen molar-refractivity contribution in [2.75, 3.05) is 11.4 Å². The van der Waals surface area contributed by atoms with Gasteiger partial charge in [-0.25, -0.2) is 14.4 Å². The molecule has 0 saturated carbocycles. The van der Waals surface area contributed by atoms with Gasteiger partial charge in [0.15, 0.2) is 0 Å². The Balaban J connectivity index is 1.64. The van der Waals surface area contributed by atoms with Crippen molar-refractivity contribution in [3.05, 3.63) is 59.6 Å². The topological polar surface area (TPSA) is 78.8 Å². The molecule has 0 aromatic carbocycles. The van der Waals surface area contributed by atoms with Crippen LogP contribution in [0, 0.1) is 17.1 Å². The summed E-state index contributed by atoms with van der Waals surface area (Å²) in [5.41, 5.74) is 2.67. The van der Waals surface area contributed by atoms with E-state index < -0.39 is 5.82 Å². The lowest BCUT2D eigenvalue weighted by Gasteiger charge is -2.27. The fourth-order valence-corrected chi connectivity index (χ4v) is 2.75. The van der Waals surface area contributed by atoms with E-state index in [-0.39, 0.29) is 0 Å². The molecule has 0 fully saturated rings. The maximum Gasteiger partial charge on any atom is 0.245 e. The van der Waals surface area contributed by atoms with E-state index in [1.54, 1.807) is 24.5 Å². The number of anilines is 1. The average molecular weight is 321 g/mol. The Morgan fingerprint density at radius 2 is 2.17 bits per heavy atom. The minimum absolute atomic E-state index is 0.383. The first-order valence-corrected chi connectivity index (χ1v) is 7.44. The van der Waals surface area contributed by atoms with Crippen LogP contribution in [0.4, 0.5) is 10.1 Å². The van der Waals surface area contributed by atoms with Crippen LogP contribution in [0.1, 0.15) is 17.0 Å². The number of nitrogens with zero attached hydrogens (tertiary/aromatic N) is 5. The highest BCUT2D eigenvalue weighted by molar-refractivity contribution is 5.58. The summed E-state index contributed by atoms with van der Waals surface area (Å²) < 4.78 is 18.8. The average Bonchev–Trinajstić information content (AvgIpc) is 3.05. The smallest absolute Gasteiger partial charge is 0.245 e. The summed E-state index contributed by atoms with van der Waals surface area (Å²) in [5, 5.41) is 9.24. The van der Waals surface area contributed by atoms with E-state index in [0.717, 1.165) is 23.3 Å². The molecule has 6 nitrogen and oxygen atoms in total. The molecule has 3 aromatic rings. The summed E-state index contributed by atoms with van der Waals surface area (Å²) in [4.78, 5) is 14.6. The molecule has 1 aliphatic rings. The number of aromatic nitrogens is 3. The van der Waals surface area contributed by atoms with Gasteiger partial charge in [-0.1, -0.05) is 0 Å². The van der Waals surface area contributed by atoms with Crippen LogP contribution in [0.5, 0.6) is 0 Å². The highest BCUT2D eigenvalue weighted by Gasteiger charge is 2.24. The van der Waals surface area contributed by atoms with Gasteiger partial charge in [0.05, 0.1) is 30.2 Å². The number of pyridine rings is 2. The first kappa shape index (κ1) is 14.3. The van der Waals surface area contributed by atoms with Crippen LogP contribution in [-0.4, -0.2) is 21.5 Å². The maximum absolute atomic E-state index is 13.0. The van der Waals surface area contributed by atoms with Gasteiger partial charge in [-0.3, -0.25) is 4.98 Å². The van der Waals surface area contributed by atoms with Crippen molar-refractivity contribution in [3.8, 4) is 17.7 Å². The predicted octanol–water partition coefficient (Wildman–Crippen LogP) is 2.71. The van der Waals surface area contributed by atoms with Crippen LogP contribution >= 0.6 is 0 Å². The number of hydrogen-bond donors (Lipinski definition) is 0. The first-order chi connectivity index (χ1) is 11.7. The summed E-state index contributed by atoms with van der Waals surface area (Å²) in [6.07, 6.45) is 5.10. The second-order valence-electron chi connectivity index (χ2n) is 5.43. The van der Waals surface area contributed by atoms with E-state index in [1.807, 2.05) is 0 Å². The Labute approximate surface area is 137 Å². The molecule has 0 amide bonds. The molecule has 4 heterocycles. The van der Waals surface area contributed by atoms with Gasteiger partial charge in [-0.15, -0.1) is 0 Å².